The Labute approximate surface area is 137 Å². The van der Waals surface area contributed by atoms with E-state index in [1.807, 2.05) is 17.8 Å². The van der Waals surface area contributed by atoms with E-state index in [0.717, 1.165) is 25.8 Å². The molecule has 6 nitrogen and oxygen atoms in total. The first kappa shape index (κ1) is 17.7. The third-order valence-electron chi connectivity index (χ3n) is 4.38. The van der Waals surface area contributed by atoms with Gasteiger partial charge in [0.15, 0.2) is 0 Å². The summed E-state index contributed by atoms with van der Waals surface area (Å²) in [7, 11) is 1.87. The number of rotatable bonds is 7. The third kappa shape index (κ3) is 4.42. The average Bonchev–Trinajstić information content (AvgIpc) is 2.99. The molecule has 23 heavy (non-hydrogen) atoms. The van der Waals surface area contributed by atoms with Crippen LogP contribution in [0.4, 0.5) is 0 Å². The molecule has 2 heterocycles. The average molecular weight is 321 g/mol. The van der Waals surface area contributed by atoms with Crippen LogP contribution in [0.1, 0.15) is 38.1 Å². The minimum Gasteiger partial charge on any atom is -0.385 e. The van der Waals surface area contributed by atoms with Gasteiger partial charge in [0.05, 0.1) is 6.61 Å². The highest BCUT2D eigenvalue weighted by Crippen LogP contribution is 2.29. The van der Waals surface area contributed by atoms with Gasteiger partial charge in [0.1, 0.15) is 18.0 Å². The van der Waals surface area contributed by atoms with E-state index in [1.165, 1.54) is 0 Å². The Kier molecular flexibility index (Phi) is 6.36. The minimum atomic E-state index is -0.650. The molecule has 1 aromatic rings. The van der Waals surface area contributed by atoms with Crippen LogP contribution < -0.4 is 0 Å². The second-order valence-corrected chi connectivity index (χ2v) is 6.12. The molecule has 1 fully saturated rings. The van der Waals surface area contributed by atoms with Gasteiger partial charge in [0, 0.05) is 38.4 Å². The van der Waals surface area contributed by atoms with Crippen molar-refractivity contribution in [1.29, 1.82) is 0 Å². The Hall–Kier alpha value is -1.66. The number of ether oxygens (including phenoxy) is 1. The fourth-order valence-corrected chi connectivity index (χ4v) is 3.00. The zero-order valence-electron chi connectivity index (χ0n) is 14.0. The summed E-state index contributed by atoms with van der Waals surface area (Å²) in [6, 6.07) is 0. The fourth-order valence-electron chi connectivity index (χ4n) is 3.00. The number of nitrogens with zero attached hydrogens (tertiary/aromatic N) is 3. The number of piperidine rings is 1. The summed E-state index contributed by atoms with van der Waals surface area (Å²) < 4.78 is 7.37. The van der Waals surface area contributed by atoms with Crippen LogP contribution in [-0.2, 0) is 16.6 Å². The van der Waals surface area contributed by atoms with Crippen molar-refractivity contribution < 1.29 is 14.6 Å². The molecule has 0 spiro atoms. The third-order valence-corrected chi connectivity index (χ3v) is 4.38. The van der Waals surface area contributed by atoms with Gasteiger partial charge >= 0.3 is 0 Å². The zero-order chi connectivity index (χ0) is 16.8. The molecule has 1 N–H and O–H groups in total. The van der Waals surface area contributed by atoms with E-state index in [-0.39, 0.29) is 11.8 Å². The van der Waals surface area contributed by atoms with Crippen LogP contribution in [0.15, 0.2) is 25.0 Å². The van der Waals surface area contributed by atoms with E-state index in [4.69, 9.17) is 4.74 Å². The molecule has 128 valence electrons. The highest BCUT2D eigenvalue weighted by molar-refractivity contribution is 5.80. The number of likely N-dealkylation sites (tertiary alicyclic amines) is 1. The van der Waals surface area contributed by atoms with Crippen molar-refractivity contribution in [2.45, 2.75) is 38.4 Å². The first-order chi connectivity index (χ1) is 11.0. The number of imidazole rings is 1. The number of hydrogen-bond acceptors (Lipinski definition) is 4. The van der Waals surface area contributed by atoms with Crippen molar-refractivity contribution in [2.75, 3.05) is 19.7 Å². The molecule has 0 aromatic carbocycles. The second kappa shape index (κ2) is 8.26. The molecular formula is C17H27N3O3. The molecule has 1 aromatic heterocycles. The molecule has 0 saturated carbocycles. The summed E-state index contributed by atoms with van der Waals surface area (Å²) in [5.41, 5.74) is 0. The van der Waals surface area contributed by atoms with Crippen LogP contribution in [0.5, 0.6) is 0 Å². The van der Waals surface area contributed by atoms with E-state index in [1.54, 1.807) is 24.1 Å². The number of aliphatic hydroxyl groups is 1. The van der Waals surface area contributed by atoms with Gasteiger partial charge in [-0.3, -0.25) is 4.79 Å². The van der Waals surface area contributed by atoms with Crippen molar-refractivity contribution >= 4 is 5.91 Å². The van der Waals surface area contributed by atoms with Crippen LogP contribution in [0, 0.1) is 5.92 Å². The number of aryl methyl sites for hydroxylation is 1. The van der Waals surface area contributed by atoms with Crippen LogP contribution >= 0.6 is 0 Å². The van der Waals surface area contributed by atoms with Crippen molar-refractivity contribution in [3.63, 3.8) is 0 Å². The monoisotopic (exact) mass is 321 g/mol. The Morgan fingerprint density at radius 2 is 2.43 bits per heavy atom. The molecule has 2 rings (SSSR count). The van der Waals surface area contributed by atoms with Crippen LogP contribution in [0.3, 0.4) is 0 Å². The largest absolute Gasteiger partial charge is 0.385 e. The maximum absolute atomic E-state index is 12.5. The van der Waals surface area contributed by atoms with Crippen molar-refractivity contribution in [2.24, 2.45) is 13.0 Å². The minimum absolute atomic E-state index is 0.00850. The number of carbonyl (C=O) groups excluding carboxylic acids is 1. The van der Waals surface area contributed by atoms with E-state index >= 15 is 0 Å². The van der Waals surface area contributed by atoms with Crippen LogP contribution in [0.2, 0.25) is 0 Å². The lowest BCUT2D eigenvalue weighted by atomic mass is 9.91. The zero-order valence-corrected chi connectivity index (χ0v) is 14.0. The molecule has 1 amide bonds. The van der Waals surface area contributed by atoms with Gasteiger partial charge in [-0.2, -0.15) is 0 Å². The maximum atomic E-state index is 12.5. The van der Waals surface area contributed by atoms with E-state index in [2.05, 4.69) is 11.6 Å². The van der Waals surface area contributed by atoms with Crippen molar-refractivity contribution in [1.82, 2.24) is 14.5 Å². The molecular weight excluding hydrogens is 294 g/mol. The fraction of sp³-hybridized carbons (Fsp3) is 0.647. The Morgan fingerprint density at radius 1 is 1.65 bits per heavy atom. The maximum Gasteiger partial charge on any atom is 0.251 e. The molecule has 3 atom stereocenters. The second-order valence-electron chi connectivity index (χ2n) is 6.12. The molecule has 3 unspecified atom stereocenters. The van der Waals surface area contributed by atoms with Gasteiger partial charge in [-0.05, 0) is 26.2 Å². The first-order valence-electron chi connectivity index (χ1n) is 8.21. The van der Waals surface area contributed by atoms with E-state index < -0.39 is 12.2 Å². The summed E-state index contributed by atoms with van der Waals surface area (Å²) in [5.74, 6) is 0.652. The summed E-state index contributed by atoms with van der Waals surface area (Å²) in [5, 5.41) is 10.6. The number of carbonyl (C=O) groups is 1. The van der Waals surface area contributed by atoms with Gasteiger partial charge in [0.2, 0.25) is 0 Å². The smallest absolute Gasteiger partial charge is 0.251 e. The Bertz CT molecular complexity index is 529. The molecule has 0 radical (unpaired) electrons. The van der Waals surface area contributed by atoms with Gasteiger partial charge in [-0.1, -0.05) is 6.08 Å². The predicted octanol–water partition coefficient (Wildman–Crippen LogP) is 1.67. The molecule has 0 bridgehead atoms. The lowest BCUT2D eigenvalue weighted by Gasteiger charge is -2.36. The van der Waals surface area contributed by atoms with Gasteiger partial charge in [0.25, 0.3) is 5.91 Å². The molecule has 1 aliphatic heterocycles. The molecule has 1 aliphatic rings. The summed E-state index contributed by atoms with van der Waals surface area (Å²) in [6.45, 7) is 7.19. The Morgan fingerprint density at radius 3 is 3.09 bits per heavy atom. The van der Waals surface area contributed by atoms with Crippen LogP contribution in [0.25, 0.3) is 0 Å². The van der Waals surface area contributed by atoms with E-state index in [0.29, 0.717) is 19.0 Å². The SMILES string of the molecule is C=CCCOC(C)C(=O)N1CCCC(C(O)c2nccn2C)C1. The lowest BCUT2D eigenvalue weighted by Crippen LogP contribution is -2.46. The van der Waals surface area contributed by atoms with Crippen LogP contribution in [-0.4, -0.2) is 51.3 Å². The number of aromatic nitrogens is 2. The standard InChI is InChI=1S/C17H27N3O3/c1-4-5-11-23-13(2)17(22)20-9-6-7-14(12-20)15(21)16-18-8-10-19(16)3/h4,8,10,13-15,21H,1,5-7,9,11-12H2,2-3H3. The number of hydrogen-bond donors (Lipinski definition) is 1. The summed E-state index contributed by atoms with van der Waals surface area (Å²) >= 11 is 0. The topological polar surface area (TPSA) is 67.6 Å². The highest BCUT2D eigenvalue weighted by Gasteiger charge is 2.32. The van der Waals surface area contributed by atoms with Crippen molar-refractivity contribution in [3.05, 3.63) is 30.9 Å². The van der Waals surface area contributed by atoms with Gasteiger partial charge in [-0.15, -0.1) is 6.58 Å². The number of aliphatic hydroxyl groups excluding tert-OH is 1. The lowest BCUT2D eigenvalue weighted by molar-refractivity contribution is -0.145. The summed E-state index contributed by atoms with van der Waals surface area (Å²) in [4.78, 5) is 18.5. The predicted molar refractivity (Wildman–Crippen MR) is 87.7 cm³/mol. The first-order valence-corrected chi connectivity index (χ1v) is 8.21. The highest BCUT2D eigenvalue weighted by atomic mass is 16.5. The van der Waals surface area contributed by atoms with E-state index in [9.17, 15) is 9.90 Å². The Balaban J connectivity index is 1.93. The quantitative estimate of drug-likeness (QED) is 0.613. The summed E-state index contributed by atoms with van der Waals surface area (Å²) in [6.07, 6.45) is 6.68. The van der Waals surface area contributed by atoms with Gasteiger partial charge < -0.3 is 19.3 Å². The molecule has 6 heteroatoms. The molecule has 1 saturated heterocycles. The number of amides is 1. The van der Waals surface area contributed by atoms with Gasteiger partial charge in [-0.25, -0.2) is 4.98 Å². The normalized spacial score (nSPS) is 21.0. The molecule has 0 aliphatic carbocycles. The van der Waals surface area contributed by atoms with Crippen molar-refractivity contribution in [3.8, 4) is 0 Å².